The van der Waals surface area contributed by atoms with E-state index in [1.165, 1.54) is 12.1 Å². The second kappa shape index (κ2) is 5.22. The largest absolute Gasteiger partial charge is 0.416 e. The predicted octanol–water partition coefficient (Wildman–Crippen LogP) is 4.14. The summed E-state index contributed by atoms with van der Waals surface area (Å²) in [7, 11) is 0. The van der Waals surface area contributed by atoms with Gasteiger partial charge < -0.3 is 5.73 Å². The molecule has 0 bridgehead atoms. The molecule has 1 heterocycles. The lowest BCUT2D eigenvalue weighted by molar-refractivity contribution is -0.137. The molecular formula is C16H12F3N3. The summed E-state index contributed by atoms with van der Waals surface area (Å²) in [4.78, 5) is 0. The van der Waals surface area contributed by atoms with Crippen LogP contribution in [0.4, 0.5) is 19.0 Å². The van der Waals surface area contributed by atoms with E-state index in [0.29, 0.717) is 17.1 Å². The average Bonchev–Trinajstić information content (AvgIpc) is 2.89. The van der Waals surface area contributed by atoms with Crippen LogP contribution in [0.2, 0.25) is 0 Å². The highest BCUT2D eigenvalue weighted by Gasteiger charge is 2.30. The van der Waals surface area contributed by atoms with Gasteiger partial charge in [-0.25, -0.2) is 4.68 Å². The third kappa shape index (κ3) is 2.67. The lowest BCUT2D eigenvalue weighted by atomic mass is 10.1. The van der Waals surface area contributed by atoms with Crippen molar-refractivity contribution in [3.05, 3.63) is 66.2 Å². The Balaban J connectivity index is 1.97. The molecule has 2 aromatic carbocycles. The maximum atomic E-state index is 12.6. The van der Waals surface area contributed by atoms with E-state index in [1.807, 2.05) is 30.3 Å². The summed E-state index contributed by atoms with van der Waals surface area (Å²) in [5.74, 6) is 0.418. The molecule has 0 aliphatic rings. The number of rotatable bonds is 2. The highest BCUT2D eigenvalue weighted by atomic mass is 19.4. The maximum absolute atomic E-state index is 12.6. The van der Waals surface area contributed by atoms with Gasteiger partial charge in [0.1, 0.15) is 5.82 Å². The van der Waals surface area contributed by atoms with E-state index in [0.717, 1.165) is 17.8 Å². The van der Waals surface area contributed by atoms with Gasteiger partial charge in [-0.2, -0.15) is 18.3 Å². The molecule has 3 aromatic rings. The van der Waals surface area contributed by atoms with Crippen LogP contribution in [0.25, 0.3) is 16.9 Å². The number of nitrogen functional groups attached to an aromatic ring is 1. The van der Waals surface area contributed by atoms with Gasteiger partial charge in [0.25, 0.3) is 0 Å². The van der Waals surface area contributed by atoms with Crippen LogP contribution in [0, 0.1) is 0 Å². The topological polar surface area (TPSA) is 43.8 Å². The van der Waals surface area contributed by atoms with Crippen molar-refractivity contribution in [3.63, 3.8) is 0 Å². The number of aromatic nitrogens is 2. The molecular weight excluding hydrogens is 291 g/mol. The van der Waals surface area contributed by atoms with Gasteiger partial charge in [-0.3, -0.25) is 0 Å². The summed E-state index contributed by atoms with van der Waals surface area (Å²) in [6.07, 6.45) is -4.35. The summed E-state index contributed by atoms with van der Waals surface area (Å²) in [6.45, 7) is 0. The molecule has 0 atom stereocenters. The summed E-state index contributed by atoms with van der Waals surface area (Å²) in [5.41, 5.74) is 7.13. The lowest BCUT2D eigenvalue weighted by Crippen LogP contribution is -2.04. The van der Waals surface area contributed by atoms with E-state index >= 15 is 0 Å². The summed E-state index contributed by atoms with van der Waals surface area (Å²) >= 11 is 0. The van der Waals surface area contributed by atoms with Crippen molar-refractivity contribution in [3.8, 4) is 16.9 Å². The molecule has 0 amide bonds. The van der Waals surface area contributed by atoms with Crippen LogP contribution in [-0.2, 0) is 6.18 Å². The Morgan fingerprint density at radius 1 is 0.909 bits per heavy atom. The van der Waals surface area contributed by atoms with Gasteiger partial charge in [-0.1, -0.05) is 30.3 Å². The van der Waals surface area contributed by atoms with Crippen molar-refractivity contribution in [2.45, 2.75) is 6.18 Å². The number of benzene rings is 2. The normalized spacial score (nSPS) is 11.6. The standard InChI is InChI=1S/C16H12F3N3/c17-16(18,19)12-8-6-11(7-9-12)14-10-15(20)22(21-14)13-4-2-1-3-5-13/h1-10H,20H2. The van der Waals surface area contributed by atoms with E-state index in [-0.39, 0.29) is 0 Å². The van der Waals surface area contributed by atoms with Crippen LogP contribution in [0.5, 0.6) is 0 Å². The van der Waals surface area contributed by atoms with Gasteiger partial charge in [0.2, 0.25) is 0 Å². The molecule has 0 fully saturated rings. The van der Waals surface area contributed by atoms with Gasteiger partial charge in [-0.15, -0.1) is 0 Å². The zero-order valence-electron chi connectivity index (χ0n) is 11.4. The zero-order chi connectivity index (χ0) is 15.7. The first-order valence-corrected chi connectivity index (χ1v) is 6.54. The number of alkyl halides is 3. The fourth-order valence-electron chi connectivity index (χ4n) is 2.14. The number of halogens is 3. The number of nitrogens with zero attached hydrogens (tertiary/aromatic N) is 2. The minimum Gasteiger partial charge on any atom is -0.384 e. The Morgan fingerprint density at radius 2 is 1.55 bits per heavy atom. The highest BCUT2D eigenvalue weighted by Crippen LogP contribution is 2.31. The van der Waals surface area contributed by atoms with Gasteiger partial charge in [0.05, 0.1) is 16.9 Å². The van der Waals surface area contributed by atoms with E-state index in [4.69, 9.17) is 5.73 Å². The van der Waals surface area contributed by atoms with Crippen LogP contribution >= 0.6 is 0 Å². The molecule has 0 aliphatic carbocycles. The van der Waals surface area contributed by atoms with E-state index in [2.05, 4.69) is 5.10 Å². The number of hydrogen-bond donors (Lipinski definition) is 1. The third-order valence-corrected chi connectivity index (χ3v) is 3.25. The molecule has 2 N–H and O–H groups in total. The molecule has 0 saturated carbocycles. The highest BCUT2D eigenvalue weighted by molar-refractivity contribution is 5.64. The Bertz CT molecular complexity index is 775. The number of nitrogens with two attached hydrogens (primary N) is 1. The predicted molar refractivity (Wildman–Crippen MR) is 78.4 cm³/mol. The fourth-order valence-corrected chi connectivity index (χ4v) is 2.14. The average molecular weight is 303 g/mol. The molecule has 0 saturated heterocycles. The van der Waals surface area contributed by atoms with Crippen molar-refractivity contribution in [2.75, 3.05) is 5.73 Å². The van der Waals surface area contributed by atoms with Crippen LogP contribution in [-0.4, -0.2) is 9.78 Å². The van der Waals surface area contributed by atoms with Crippen molar-refractivity contribution in [1.82, 2.24) is 9.78 Å². The maximum Gasteiger partial charge on any atom is 0.416 e. The van der Waals surface area contributed by atoms with E-state index in [1.54, 1.807) is 10.7 Å². The minimum atomic E-state index is -4.35. The SMILES string of the molecule is Nc1cc(-c2ccc(C(F)(F)F)cc2)nn1-c1ccccc1. The van der Waals surface area contributed by atoms with E-state index < -0.39 is 11.7 Å². The minimum absolute atomic E-state index is 0.418. The van der Waals surface area contributed by atoms with Crippen LogP contribution in [0.15, 0.2) is 60.7 Å². The first-order valence-electron chi connectivity index (χ1n) is 6.54. The van der Waals surface area contributed by atoms with Crippen LogP contribution < -0.4 is 5.73 Å². The number of hydrogen-bond acceptors (Lipinski definition) is 2. The van der Waals surface area contributed by atoms with Crippen molar-refractivity contribution in [1.29, 1.82) is 0 Å². The number of anilines is 1. The molecule has 0 radical (unpaired) electrons. The Labute approximate surface area is 124 Å². The Morgan fingerprint density at radius 3 is 2.14 bits per heavy atom. The van der Waals surface area contributed by atoms with Gasteiger partial charge in [0, 0.05) is 11.6 Å². The number of para-hydroxylation sites is 1. The zero-order valence-corrected chi connectivity index (χ0v) is 11.4. The molecule has 0 unspecified atom stereocenters. The van der Waals surface area contributed by atoms with E-state index in [9.17, 15) is 13.2 Å². The van der Waals surface area contributed by atoms with Crippen molar-refractivity contribution in [2.24, 2.45) is 0 Å². The fraction of sp³-hybridized carbons (Fsp3) is 0.0625. The molecule has 0 spiro atoms. The Hall–Kier alpha value is -2.76. The van der Waals surface area contributed by atoms with Crippen LogP contribution in [0.1, 0.15) is 5.56 Å². The first kappa shape index (κ1) is 14.2. The molecule has 22 heavy (non-hydrogen) atoms. The van der Waals surface area contributed by atoms with Crippen LogP contribution in [0.3, 0.4) is 0 Å². The quantitative estimate of drug-likeness (QED) is 0.773. The summed E-state index contributed by atoms with van der Waals surface area (Å²) < 4.78 is 39.3. The smallest absolute Gasteiger partial charge is 0.384 e. The lowest BCUT2D eigenvalue weighted by Gasteiger charge is -2.06. The molecule has 1 aromatic heterocycles. The third-order valence-electron chi connectivity index (χ3n) is 3.25. The monoisotopic (exact) mass is 303 g/mol. The van der Waals surface area contributed by atoms with Crippen molar-refractivity contribution >= 4 is 5.82 Å². The van der Waals surface area contributed by atoms with Gasteiger partial charge in [-0.05, 0) is 24.3 Å². The second-order valence-corrected chi connectivity index (χ2v) is 4.78. The Kier molecular flexibility index (Phi) is 3.36. The molecule has 3 rings (SSSR count). The molecule has 3 nitrogen and oxygen atoms in total. The first-order chi connectivity index (χ1) is 10.4. The molecule has 6 heteroatoms. The second-order valence-electron chi connectivity index (χ2n) is 4.78. The molecule has 0 aliphatic heterocycles. The molecule has 112 valence electrons. The summed E-state index contributed by atoms with van der Waals surface area (Å²) in [6, 6.07) is 15.8. The van der Waals surface area contributed by atoms with Gasteiger partial charge >= 0.3 is 6.18 Å². The summed E-state index contributed by atoms with van der Waals surface area (Å²) in [5, 5.41) is 4.35. The van der Waals surface area contributed by atoms with Gasteiger partial charge in [0.15, 0.2) is 0 Å². The van der Waals surface area contributed by atoms with Crippen molar-refractivity contribution < 1.29 is 13.2 Å².